The van der Waals surface area contributed by atoms with Crippen LogP contribution in [-0.4, -0.2) is 29.6 Å². The van der Waals surface area contributed by atoms with Crippen LogP contribution in [0.5, 0.6) is 0 Å². The summed E-state index contributed by atoms with van der Waals surface area (Å²) in [6.07, 6.45) is 4.53. The maximum atomic E-state index is 5.30. The van der Waals surface area contributed by atoms with E-state index in [2.05, 4.69) is 15.3 Å². The number of hydrogen-bond acceptors (Lipinski definition) is 3. The third-order valence-corrected chi connectivity index (χ3v) is 1.41. The molecule has 0 bridgehead atoms. The maximum absolute atomic E-state index is 5.30. The van der Waals surface area contributed by atoms with Crippen LogP contribution >= 0.6 is 0 Å². The first-order valence-corrected chi connectivity index (χ1v) is 3.82. The molecule has 0 aliphatic heterocycles. The standard InChI is InChI=1S/C7H14N4/c8-2-4-9-3-1-7-10-5-6-11-7/h5-6,9H,1-4,8H2,(H,10,11). The summed E-state index contributed by atoms with van der Waals surface area (Å²) < 4.78 is 0. The summed E-state index contributed by atoms with van der Waals surface area (Å²) >= 11 is 0. The fourth-order valence-corrected chi connectivity index (χ4v) is 0.869. The van der Waals surface area contributed by atoms with Crippen molar-refractivity contribution >= 4 is 0 Å². The molecule has 1 heterocycles. The second-order valence-corrected chi connectivity index (χ2v) is 2.32. The van der Waals surface area contributed by atoms with Crippen molar-refractivity contribution in [1.82, 2.24) is 15.3 Å². The van der Waals surface area contributed by atoms with Crippen molar-refractivity contribution in [2.45, 2.75) is 6.42 Å². The topological polar surface area (TPSA) is 66.7 Å². The van der Waals surface area contributed by atoms with Crippen molar-refractivity contribution in [3.63, 3.8) is 0 Å². The Morgan fingerprint density at radius 1 is 1.55 bits per heavy atom. The van der Waals surface area contributed by atoms with Crippen molar-refractivity contribution in [2.24, 2.45) is 5.73 Å². The lowest BCUT2D eigenvalue weighted by atomic mass is 10.4. The molecule has 4 nitrogen and oxygen atoms in total. The first kappa shape index (κ1) is 8.23. The number of aromatic nitrogens is 2. The second-order valence-electron chi connectivity index (χ2n) is 2.32. The minimum absolute atomic E-state index is 0.693. The number of imidazole rings is 1. The summed E-state index contributed by atoms with van der Waals surface area (Å²) in [4.78, 5) is 7.12. The van der Waals surface area contributed by atoms with E-state index in [0.29, 0.717) is 6.54 Å². The highest BCUT2D eigenvalue weighted by atomic mass is 14.9. The van der Waals surface area contributed by atoms with Crippen LogP contribution in [-0.2, 0) is 6.42 Å². The van der Waals surface area contributed by atoms with Gasteiger partial charge in [-0.05, 0) is 0 Å². The lowest BCUT2D eigenvalue weighted by Crippen LogP contribution is -2.24. The van der Waals surface area contributed by atoms with Gasteiger partial charge in [-0.25, -0.2) is 4.98 Å². The third-order valence-electron chi connectivity index (χ3n) is 1.41. The molecule has 62 valence electrons. The zero-order valence-electron chi connectivity index (χ0n) is 6.51. The van der Waals surface area contributed by atoms with Crippen LogP contribution in [0.2, 0.25) is 0 Å². The molecule has 0 aromatic carbocycles. The van der Waals surface area contributed by atoms with E-state index in [-0.39, 0.29) is 0 Å². The predicted octanol–water partition coefficient (Wildman–Crippen LogP) is -0.500. The Bertz CT molecular complexity index is 171. The van der Waals surface area contributed by atoms with Crippen LogP contribution in [0.4, 0.5) is 0 Å². The van der Waals surface area contributed by atoms with E-state index in [1.807, 2.05) is 6.20 Å². The summed E-state index contributed by atoms with van der Waals surface area (Å²) in [6.45, 7) is 2.50. The first-order valence-electron chi connectivity index (χ1n) is 3.82. The molecule has 0 aliphatic carbocycles. The zero-order chi connectivity index (χ0) is 7.94. The number of hydrogen-bond donors (Lipinski definition) is 3. The largest absolute Gasteiger partial charge is 0.349 e. The lowest BCUT2D eigenvalue weighted by Gasteiger charge is -1.99. The molecule has 11 heavy (non-hydrogen) atoms. The molecule has 0 aliphatic rings. The van der Waals surface area contributed by atoms with Gasteiger partial charge in [-0.2, -0.15) is 0 Å². The summed E-state index contributed by atoms with van der Waals surface area (Å²) in [5, 5.41) is 3.19. The maximum Gasteiger partial charge on any atom is 0.107 e. The number of nitrogens with zero attached hydrogens (tertiary/aromatic N) is 1. The predicted molar refractivity (Wildman–Crippen MR) is 44.2 cm³/mol. The van der Waals surface area contributed by atoms with Gasteiger partial charge < -0.3 is 16.0 Å². The summed E-state index contributed by atoms with van der Waals surface area (Å²) in [5.41, 5.74) is 5.30. The Kier molecular flexibility index (Phi) is 3.64. The van der Waals surface area contributed by atoms with Crippen LogP contribution in [0.1, 0.15) is 5.82 Å². The lowest BCUT2D eigenvalue weighted by molar-refractivity contribution is 0.676. The number of H-pyrrole nitrogens is 1. The Balaban J connectivity index is 2.04. The Morgan fingerprint density at radius 2 is 2.45 bits per heavy atom. The Morgan fingerprint density at radius 3 is 3.09 bits per heavy atom. The van der Waals surface area contributed by atoms with E-state index < -0.39 is 0 Å². The Hall–Kier alpha value is -0.870. The van der Waals surface area contributed by atoms with E-state index in [1.54, 1.807) is 6.20 Å². The molecule has 1 rings (SSSR count). The van der Waals surface area contributed by atoms with Crippen molar-refractivity contribution in [3.8, 4) is 0 Å². The fourth-order valence-electron chi connectivity index (χ4n) is 0.869. The van der Waals surface area contributed by atoms with Crippen molar-refractivity contribution in [3.05, 3.63) is 18.2 Å². The molecule has 0 atom stereocenters. The molecule has 4 heteroatoms. The van der Waals surface area contributed by atoms with Crippen molar-refractivity contribution in [2.75, 3.05) is 19.6 Å². The monoisotopic (exact) mass is 154 g/mol. The van der Waals surface area contributed by atoms with Gasteiger partial charge in [0.1, 0.15) is 5.82 Å². The van der Waals surface area contributed by atoms with E-state index in [4.69, 9.17) is 5.73 Å². The van der Waals surface area contributed by atoms with Gasteiger partial charge in [-0.15, -0.1) is 0 Å². The quantitative estimate of drug-likeness (QED) is 0.501. The molecule has 1 aromatic heterocycles. The summed E-state index contributed by atoms with van der Waals surface area (Å²) in [6, 6.07) is 0. The van der Waals surface area contributed by atoms with Gasteiger partial charge in [-0.1, -0.05) is 0 Å². The molecule has 0 radical (unpaired) electrons. The van der Waals surface area contributed by atoms with Gasteiger partial charge in [0, 0.05) is 38.4 Å². The molecule has 4 N–H and O–H groups in total. The average Bonchev–Trinajstić information content (AvgIpc) is 2.50. The first-order chi connectivity index (χ1) is 5.43. The molecular formula is C7H14N4. The van der Waals surface area contributed by atoms with E-state index in [1.165, 1.54) is 0 Å². The van der Waals surface area contributed by atoms with Gasteiger partial charge in [0.2, 0.25) is 0 Å². The summed E-state index contributed by atoms with van der Waals surface area (Å²) in [5.74, 6) is 1.02. The highest BCUT2D eigenvalue weighted by Crippen LogP contribution is 1.87. The SMILES string of the molecule is NCCNCCc1ncc[nH]1. The minimum atomic E-state index is 0.693. The molecule has 0 saturated heterocycles. The van der Waals surface area contributed by atoms with Crippen molar-refractivity contribution in [1.29, 1.82) is 0 Å². The van der Waals surface area contributed by atoms with Gasteiger partial charge in [0.25, 0.3) is 0 Å². The molecule has 0 unspecified atom stereocenters. The van der Waals surface area contributed by atoms with Crippen LogP contribution < -0.4 is 11.1 Å². The highest BCUT2D eigenvalue weighted by Gasteiger charge is 1.91. The normalized spacial score (nSPS) is 10.3. The highest BCUT2D eigenvalue weighted by molar-refractivity contribution is 4.87. The molecule has 0 spiro atoms. The van der Waals surface area contributed by atoms with Gasteiger partial charge in [0.05, 0.1) is 0 Å². The Labute approximate surface area is 66.2 Å². The smallest absolute Gasteiger partial charge is 0.107 e. The number of nitrogens with two attached hydrogens (primary N) is 1. The van der Waals surface area contributed by atoms with Gasteiger partial charge in [0.15, 0.2) is 0 Å². The molecule has 0 amide bonds. The summed E-state index contributed by atoms with van der Waals surface area (Å²) in [7, 11) is 0. The van der Waals surface area contributed by atoms with Gasteiger partial charge in [-0.3, -0.25) is 0 Å². The van der Waals surface area contributed by atoms with E-state index in [9.17, 15) is 0 Å². The molecule has 0 saturated carbocycles. The average molecular weight is 154 g/mol. The third kappa shape index (κ3) is 3.15. The van der Waals surface area contributed by atoms with Crippen LogP contribution in [0, 0.1) is 0 Å². The number of aromatic amines is 1. The number of rotatable bonds is 5. The van der Waals surface area contributed by atoms with E-state index >= 15 is 0 Å². The van der Waals surface area contributed by atoms with Gasteiger partial charge >= 0.3 is 0 Å². The van der Waals surface area contributed by atoms with Crippen LogP contribution in [0.15, 0.2) is 12.4 Å². The van der Waals surface area contributed by atoms with Crippen LogP contribution in [0.3, 0.4) is 0 Å². The molecule has 1 aromatic rings. The van der Waals surface area contributed by atoms with Crippen LogP contribution in [0.25, 0.3) is 0 Å². The van der Waals surface area contributed by atoms with E-state index in [0.717, 1.165) is 25.3 Å². The second kappa shape index (κ2) is 4.87. The minimum Gasteiger partial charge on any atom is -0.349 e. The number of nitrogens with one attached hydrogen (secondary N) is 2. The molecular weight excluding hydrogens is 140 g/mol. The zero-order valence-corrected chi connectivity index (χ0v) is 6.51. The van der Waals surface area contributed by atoms with Crippen molar-refractivity contribution < 1.29 is 0 Å². The fraction of sp³-hybridized carbons (Fsp3) is 0.571. The molecule has 0 fully saturated rings.